The summed E-state index contributed by atoms with van der Waals surface area (Å²) in [5.41, 5.74) is 2.82. The molecule has 0 saturated carbocycles. The third-order valence-electron chi connectivity index (χ3n) is 4.73. The maximum absolute atomic E-state index is 12.8. The minimum Gasteiger partial charge on any atom is -0.345 e. The minimum atomic E-state index is -0.390. The van der Waals surface area contributed by atoms with E-state index in [1.807, 2.05) is 59.2 Å². The van der Waals surface area contributed by atoms with Crippen LogP contribution in [0.1, 0.15) is 28.7 Å². The summed E-state index contributed by atoms with van der Waals surface area (Å²) in [5.74, 6) is 0.290. The Hall–Kier alpha value is -3.52. The number of rotatable bonds is 8. The van der Waals surface area contributed by atoms with Crippen LogP contribution in [0.5, 0.6) is 0 Å². The van der Waals surface area contributed by atoms with Crippen molar-refractivity contribution in [3.05, 3.63) is 94.8 Å². The molecule has 0 aliphatic carbocycles. The standard InChI is InChI=1S/C21H20ClN7O/c22-18-9-5-4-8-16(18)13-29-14-23-12-17(29)11-20(30)24-19(21-25-27-28-26-21)10-15-6-2-1-3-7-15/h1-9,12,14,19H,10-11,13H2,(H,24,30)(H,25,26,27,28). The minimum absolute atomic E-state index is 0.151. The van der Waals surface area contributed by atoms with E-state index in [1.165, 1.54) is 0 Å². The molecule has 4 rings (SSSR count). The topological polar surface area (TPSA) is 101 Å². The molecule has 0 aliphatic rings. The number of amides is 1. The zero-order valence-electron chi connectivity index (χ0n) is 16.1. The number of carbonyl (C=O) groups is 1. The van der Waals surface area contributed by atoms with E-state index >= 15 is 0 Å². The van der Waals surface area contributed by atoms with Gasteiger partial charge in [0.2, 0.25) is 5.91 Å². The molecular formula is C21H20ClN7O. The van der Waals surface area contributed by atoms with Gasteiger partial charge in [0.1, 0.15) is 0 Å². The Bertz CT molecular complexity index is 1100. The third-order valence-corrected chi connectivity index (χ3v) is 5.10. The van der Waals surface area contributed by atoms with Crippen LogP contribution in [0, 0.1) is 0 Å². The molecule has 2 N–H and O–H groups in total. The lowest BCUT2D eigenvalue weighted by molar-refractivity contribution is -0.121. The van der Waals surface area contributed by atoms with Gasteiger partial charge in [-0.3, -0.25) is 4.79 Å². The van der Waals surface area contributed by atoms with Crippen molar-refractivity contribution in [3.8, 4) is 0 Å². The molecule has 0 aliphatic heterocycles. The second-order valence-electron chi connectivity index (χ2n) is 6.86. The summed E-state index contributed by atoms with van der Waals surface area (Å²) in [5, 5.41) is 17.9. The van der Waals surface area contributed by atoms with E-state index in [0.29, 0.717) is 23.8 Å². The molecule has 30 heavy (non-hydrogen) atoms. The average molecular weight is 422 g/mol. The lowest BCUT2D eigenvalue weighted by atomic mass is 10.1. The summed E-state index contributed by atoms with van der Waals surface area (Å²) in [6.45, 7) is 0.542. The van der Waals surface area contributed by atoms with E-state index in [2.05, 4.69) is 30.9 Å². The zero-order valence-corrected chi connectivity index (χ0v) is 16.8. The molecule has 9 heteroatoms. The van der Waals surface area contributed by atoms with Crippen LogP contribution in [0.25, 0.3) is 0 Å². The number of nitrogens with one attached hydrogen (secondary N) is 2. The first-order valence-corrected chi connectivity index (χ1v) is 9.86. The van der Waals surface area contributed by atoms with Crippen molar-refractivity contribution in [1.29, 1.82) is 0 Å². The summed E-state index contributed by atoms with van der Waals surface area (Å²) in [6.07, 6.45) is 4.13. The third kappa shape index (κ3) is 4.90. The van der Waals surface area contributed by atoms with Gasteiger partial charge in [0.25, 0.3) is 0 Å². The summed E-state index contributed by atoms with van der Waals surface area (Å²) in [6, 6.07) is 17.1. The fourth-order valence-electron chi connectivity index (χ4n) is 3.23. The molecule has 1 atom stereocenters. The highest BCUT2D eigenvalue weighted by molar-refractivity contribution is 6.31. The monoisotopic (exact) mass is 421 g/mol. The smallest absolute Gasteiger partial charge is 0.226 e. The molecule has 8 nitrogen and oxygen atoms in total. The lowest BCUT2D eigenvalue weighted by Gasteiger charge is -2.16. The Labute approximate surface area is 178 Å². The second-order valence-corrected chi connectivity index (χ2v) is 7.27. The van der Waals surface area contributed by atoms with Gasteiger partial charge in [-0.1, -0.05) is 65.3 Å². The fraction of sp³-hybridized carbons (Fsp3) is 0.190. The van der Waals surface area contributed by atoms with Crippen molar-refractivity contribution in [2.75, 3.05) is 0 Å². The predicted octanol–water partition coefficient (Wildman–Crippen LogP) is 2.74. The largest absolute Gasteiger partial charge is 0.345 e. The number of aromatic nitrogens is 6. The van der Waals surface area contributed by atoms with Crippen molar-refractivity contribution >= 4 is 17.5 Å². The quantitative estimate of drug-likeness (QED) is 0.455. The number of benzene rings is 2. The number of hydrogen-bond donors (Lipinski definition) is 2. The van der Waals surface area contributed by atoms with Gasteiger partial charge < -0.3 is 9.88 Å². The first-order chi connectivity index (χ1) is 14.7. The van der Waals surface area contributed by atoms with Gasteiger partial charge in [0.05, 0.1) is 25.3 Å². The maximum atomic E-state index is 12.8. The summed E-state index contributed by atoms with van der Waals surface area (Å²) in [4.78, 5) is 17.0. The van der Waals surface area contributed by atoms with Crippen LogP contribution in [0.4, 0.5) is 0 Å². The molecule has 1 unspecified atom stereocenters. The molecule has 2 heterocycles. The Balaban J connectivity index is 1.45. The lowest BCUT2D eigenvalue weighted by Crippen LogP contribution is -2.32. The van der Waals surface area contributed by atoms with Crippen LogP contribution >= 0.6 is 11.6 Å². The Morgan fingerprint density at radius 3 is 2.70 bits per heavy atom. The number of imidazole rings is 1. The van der Waals surface area contributed by atoms with E-state index in [-0.39, 0.29) is 12.3 Å². The summed E-state index contributed by atoms with van der Waals surface area (Å²) in [7, 11) is 0. The molecule has 0 radical (unpaired) electrons. The van der Waals surface area contributed by atoms with E-state index in [4.69, 9.17) is 11.6 Å². The fourth-order valence-corrected chi connectivity index (χ4v) is 3.43. The highest BCUT2D eigenvalue weighted by atomic mass is 35.5. The average Bonchev–Trinajstić information content (AvgIpc) is 3.43. The first kappa shape index (κ1) is 19.8. The Morgan fingerprint density at radius 1 is 1.13 bits per heavy atom. The maximum Gasteiger partial charge on any atom is 0.226 e. The number of tetrazole rings is 1. The van der Waals surface area contributed by atoms with Gasteiger partial charge in [-0.05, 0) is 17.2 Å². The highest BCUT2D eigenvalue weighted by Gasteiger charge is 2.20. The summed E-state index contributed by atoms with van der Waals surface area (Å²) < 4.78 is 1.92. The number of nitrogens with zero attached hydrogens (tertiary/aromatic N) is 5. The van der Waals surface area contributed by atoms with Crippen molar-refractivity contribution in [2.24, 2.45) is 0 Å². The number of hydrogen-bond acceptors (Lipinski definition) is 5. The molecule has 0 bridgehead atoms. The normalized spacial score (nSPS) is 11.9. The van der Waals surface area contributed by atoms with E-state index in [0.717, 1.165) is 16.8 Å². The van der Waals surface area contributed by atoms with Crippen LogP contribution in [0.3, 0.4) is 0 Å². The van der Waals surface area contributed by atoms with Crippen LogP contribution in [-0.4, -0.2) is 36.1 Å². The van der Waals surface area contributed by atoms with Crippen LogP contribution in [0.2, 0.25) is 5.02 Å². The van der Waals surface area contributed by atoms with Crippen LogP contribution in [-0.2, 0) is 24.2 Å². The molecular weight excluding hydrogens is 402 g/mol. The van der Waals surface area contributed by atoms with Crippen LogP contribution in [0.15, 0.2) is 67.1 Å². The van der Waals surface area contributed by atoms with Crippen molar-refractivity contribution in [2.45, 2.75) is 25.4 Å². The van der Waals surface area contributed by atoms with Crippen molar-refractivity contribution < 1.29 is 4.79 Å². The van der Waals surface area contributed by atoms with Gasteiger partial charge >= 0.3 is 0 Å². The van der Waals surface area contributed by atoms with Crippen molar-refractivity contribution in [1.82, 2.24) is 35.5 Å². The number of aromatic amines is 1. The van der Waals surface area contributed by atoms with E-state index in [1.54, 1.807) is 12.5 Å². The number of H-pyrrole nitrogens is 1. The SMILES string of the molecule is O=C(Cc1cncn1Cc1ccccc1Cl)NC(Cc1ccccc1)c1nn[nH]n1. The van der Waals surface area contributed by atoms with Gasteiger partial charge in [-0.15, -0.1) is 10.2 Å². The number of carbonyl (C=O) groups excluding carboxylic acids is 1. The molecule has 4 aromatic rings. The molecule has 152 valence electrons. The Kier molecular flexibility index (Phi) is 6.14. The molecule has 0 spiro atoms. The first-order valence-electron chi connectivity index (χ1n) is 9.48. The molecule has 2 aromatic carbocycles. The van der Waals surface area contributed by atoms with Crippen molar-refractivity contribution in [3.63, 3.8) is 0 Å². The van der Waals surface area contributed by atoms with E-state index < -0.39 is 6.04 Å². The highest BCUT2D eigenvalue weighted by Crippen LogP contribution is 2.18. The predicted molar refractivity (Wildman–Crippen MR) is 112 cm³/mol. The molecule has 0 fully saturated rings. The number of halogens is 1. The molecule has 1 amide bonds. The Morgan fingerprint density at radius 2 is 1.93 bits per heavy atom. The van der Waals surface area contributed by atoms with E-state index in [9.17, 15) is 4.79 Å². The second kappa shape index (κ2) is 9.32. The zero-order chi connectivity index (χ0) is 20.8. The molecule has 0 saturated heterocycles. The van der Waals surface area contributed by atoms with Gasteiger partial charge in [0.15, 0.2) is 5.82 Å². The van der Waals surface area contributed by atoms with Crippen LogP contribution < -0.4 is 5.32 Å². The van der Waals surface area contributed by atoms with Gasteiger partial charge in [-0.25, -0.2) is 4.98 Å². The summed E-state index contributed by atoms with van der Waals surface area (Å²) >= 11 is 6.27. The molecule has 2 aromatic heterocycles. The van der Waals surface area contributed by atoms with Gasteiger partial charge in [0, 0.05) is 23.3 Å². The van der Waals surface area contributed by atoms with Gasteiger partial charge in [-0.2, -0.15) is 5.21 Å².